The summed E-state index contributed by atoms with van der Waals surface area (Å²) in [5, 5.41) is 0. The maximum absolute atomic E-state index is 12.9. The predicted octanol–water partition coefficient (Wildman–Crippen LogP) is 4.84. The third kappa shape index (κ3) is 5.15. The third-order valence-electron chi connectivity index (χ3n) is 5.49. The van der Waals surface area contributed by atoms with E-state index in [1.165, 1.54) is 5.56 Å². The van der Waals surface area contributed by atoms with E-state index in [0.717, 1.165) is 43.0 Å². The smallest absolute Gasteiger partial charge is 0.411 e. The van der Waals surface area contributed by atoms with E-state index in [-0.39, 0.29) is 44.7 Å². The summed E-state index contributed by atoms with van der Waals surface area (Å²) in [6.45, 7) is 9.04. The average molecular weight is 452 g/mol. The first-order valence-electron chi connectivity index (χ1n) is 10.0. The first-order chi connectivity index (χ1) is 13.2. The van der Waals surface area contributed by atoms with Gasteiger partial charge in [-0.3, -0.25) is 4.90 Å². The Morgan fingerprint density at radius 3 is 2.57 bits per heavy atom. The number of benzene rings is 1. The van der Waals surface area contributed by atoms with Crippen LogP contribution in [0.15, 0.2) is 30.5 Å². The first kappa shape index (κ1) is 24.6. The fourth-order valence-corrected chi connectivity index (χ4v) is 4.13. The molecule has 1 aromatic carbocycles. The van der Waals surface area contributed by atoms with Gasteiger partial charge in [0.15, 0.2) is 0 Å². The summed E-state index contributed by atoms with van der Waals surface area (Å²) in [5.41, 5.74) is 2.43. The molecule has 2 aromatic rings. The number of rotatable bonds is 2. The zero-order chi connectivity index (χ0) is 19.9. The molecule has 8 heteroatoms. The minimum atomic E-state index is -0.538. The monoisotopic (exact) mass is 451 g/mol. The Kier molecular flexibility index (Phi) is 7.59. The van der Waals surface area contributed by atoms with Crippen molar-refractivity contribution < 1.29 is 14.3 Å². The topological polar surface area (TPSA) is 67.4 Å². The lowest BCUT2D eigenvalue weighted by atomic mass is 9.96. The van der Waals surface area contributed by atoms with Crippen LogP contribution in [0.2, 0.25) is 0 Å². The van der Waals surface area contributed by atoms with Gasteiger partial charge >= 0.3 is 6.09 Å². The molecule has 2 fully saturated rings. The lowest BCUT2D eigenvalue weighted by molar-refractivity contribution is -0.0000130. The molecule has 0 bridgehead atoms. The Balaban J connectivity index is 0.00000160. The number of carbonyl (C=O) groups is 1. The van der Waals surface area contributed by atoms with Gasteiger partial charge in [-0.15, -0.1) is 0 Å². The first-order valence-corrected chi connectivity index (χ1v) is 10.0. The van der Waals surface area contributed by atoms with Crippen LogP contribution in [0.25, 0.3) is 11.3 Å². The highest BCUT2D eigenvalue weighted by molar-refractivity contribution is 7.59. The van der Waals surface area contributed by atoms with E-state index in [4.69, 9.17) is 9.47 Å². The van der Waals surface area contributed by atoms with E-state index in [2.05, 4.69) is 41.2 Å². The van der Waals surface area contributed by atoms with Crippen LogP contribution in [-0.4, -0.2) is 45.3 Å². The van der Waals surface area contributed by atoms with Crippen molar-refractivity contribution in [2.75, 3.05) is 13.2 Å². The van der Waals surface area contributed by atoms with Crippen LogP contribution in [-0.2, 0) is 9.47 Å². The van der Waals surface area contributed by atoms with Crippen molar-refractivity contribution in [2.45, 2.75) is 64.2 Å². The molecular formula is C22H33N3O3S2. The Bertz CT molecular complexity index is 855. The number of imidazole rings is 1. The van der Waals surface area contributed by atoms with Crippen LogP contribution in [0.4, 0.5) is 4.79 Å². The molecule has 3 heterocycles. The molecule has 1 spiro atoms. The van der Waals surface area contributed by atoms with E-state index < -0.39 is 5.60 Å². The Morgan fingerprint density at radius 2 is 1.97 bits per heavy atom. The maximum Gasteiger partial charge on any atom is 0.411 e. The Morgan fingerprint density at radius 1 is 1.27 bits per heavy atom. The summed E-state index contributed by atoms with van der Waals surface area (Å²) >= 11 is 0. The summed E-state index contributed by atoms with van der Waals surface area (Å²) in [6.07, 6.45) is 4.27. The van der Waals surface area contributed by atoms with Crippen LogP contribution in [0.5, 0.6) is 0 Å². The minimum Gasteiger partial charge on any atom is -0.444 e. The Hall–Kier alpha value is -1.64. The van der Waals surface area contributed by atoms with E-state index in [1.807, 2.05) is 27.0 Å². The number of aromatic amines is 1. The Labute approximate surface area is 192 Å². The van der Waals surface area contributed by atoms with Crippen LogP contribution in [0.1, 0.15) is 57.5 Å². The summed E-state index contributed by atoms with van der Waals surface area (Å²) in [7, 11) is 0. The van der Waals surface area contributed by atoms with Gasteiger partial charge in [0, 0.05) is 13.0 Å². The summed E-state index contributed by atoms with van der Waals surface area (Å²) in [6, 6.07) is 8.15. The molecule has 6 nitrogen and oxygen atoms in total. The molecule has 2 saturated heterocycles. The number of nitrogens with one attached hydrogen (secondary N) is 1. The highest BCUT2D eigenvalue weighted by Gasteiger charge is 2.51. The second kappa shape index (κ2) is 9.24. The lowest BCUT2D eigenvalue weighted by Gasteiger charge is -2.28. The number of aromatic nitrogens is 2. The van der Waals surface area contributed by atoms with Crippen molar-refractivity contribution in [3.05, 3.63) is 41.9 Å². The summed E-state index contributed by atoms with van der Waals surface area (Å²) in [4.78, 5) is 22.7. The van der Waals surface area contributed by atoms with Gasteiger partial charge in [-0.25, -0.2) is 9.78 Å². The molecule has 2 atom stereocenters. The second-order valence-electron chi connectivity index (χ2n) is 9.01. The molecule has 30 heavy (non-hydrogen) atoms. The van der Waals surface area contributed by atoms with Gasteiger partial charge in [0.25, 0.3) is 0 Å². The molecule has 1 amide bonds. The molecule has 4 rings (SSSR count). The molecule has 1 N–H and O–H groups in total. The normalized spacial score (nSPS) is 23.2. The van der Waals surface area contributed by atoms with Gasteiger partial charge in [-0.2, -0.15) is 27.0 Å². The molecule has 2 aliphatic rings. The van der Waals surface area contributed by atoms with Gasteiger partial charge in [-0.05, 0) is 46.1 Å². The summed E-state index contributed by atoms with van der Waals surface area (Å²) < 4.78 is 11.7. The average Bonchev–Trinajstić information content (AvgIpc) is 3.35. The van der Waals surface area contributed by atoms with Crippen LogP contribution < -0.4 is 0 Å². The fraction of sp³-hybridized carbons (Fsp3) is 0.545. The molecule has 0 saturated carbocycles. The van der Waals surface area contributed by atoms with Gasteiger partial charge in [0.1, 0.15) is 11.4 Å². The van der Waals surface area contributed by atoms with Crippen molar-refractivity contribution in [3.63, 3.8) is 0 Å². The molecule has 166 valence electrons. The number of H-pyrrole nitrogens is 1. The number of hydrogen-bond donors (Lipinski definition) is 1. The number of ether oxygens (including phenoxy) is 2. The number of likely N-dealkylation sites (tertiary alicyclic amines) is 1. The van der Waals surface area contributed by atoms with Crippen molar-refractivity contribution in [3.8, 4) is 11.3 Å². The van der Waals surface area contributed by atoms with Crippen molar-refractivity contribution in [1.29, 1.82) is 0 Å². The van der Waals surface area contributed by atoms with Gasteiger partial charge in [0.2, 0.25) is 0 Å². The van der Waals surface area contributed by atoms with E-state index >= 15 is 0 Å². The van der Waals surface area contributed by atoms with Crippen molar-refractivity contribution in [1.82, 2.24) is 14.9 Å². The third-order valence-corrected chi connectivity index (χ3v) is 5.49. The van der Waals surface area contributed by atoms with Crippen LogP contribution in [0, 0.1) is 6.92 Å². The molecule has 1 aromatic heterocycles. The van der Waals surface area contributed by atoms with Crippen LogP contribution in [0.3, 0.4) is 0 Å². The molecule has 0 unspecified atom stereocenters. The zero-order valence-corrected chi connectivity index (χ0v) is 20.1. The number of aryl methyl sites for hydroxylation is 1. The predicted molar refractivity (Wildman–Crippen MR) is 128 cm³/mol. The number of hydrogen-bond acceptors (Lipinski definition) is 4. The molecule has 2 aliphatic heterocycles. The summed E-state index contributed by atoms with van der Waals surface area (Å²) in [5.74, 6) is 0.786. The highest BCUT2D eigenvalue weighted by atomic mass is 32.1. The van der Waals surface area contributed by atoms with Gasteiger partial charge in [0.05, 0.1) is 30.1 Å². The maximum atomic E-state index is 12.9. The number of amides is 1. The van der Waals surface area contributed by atoms with Gasteiger partial charge in [-0.1, -0.05) is 29.8 Å². The van der Waals surface area contributed by atoms with E-state index in [9.17, 15) is 4.79 Å². The van der Waals surface area contributed by atoms with Crippen molar-refractivity contribution >= 4 is 33.1 Å². The van der Waals surface area contributed by atoms with Crippen LogP contribution >= 0.6 is 27.0 Å². The number of nitrogens with zero attached hydrogens (tertiary/aromatic N) is 2. The molecule has 0 aliphatic carbocycles. The standard InChI is InChI=1S/C22H29N3O3.2H2S/c1-15-6-8-16(9-7-15)17-13-23-19(24-17)18-12-22(10-5-11-27-22)14-25(18)20(26)28-21(2,3)4;;/h6-9,13,18H,5,10-12,14H2,1-4H3,(H,23,24);2*1H2/t18-,22-;;/m0../s1. The molecule has 0 radical (unpaired) electrons. The largest absolute Gasteiger partial charge is 0.444 e. The second-order valence-corrected chi connectivity index (χ2v) is 9.01. The quantitative estimate of drug-likeness (QED) is 0.709. The fourth-order valence-electron chi connectivity index (χ4n) is 4.13. The highest BCUT2D eigenvalue weighted by Crippen LogP contribution is 2.45. The molecular weight excluding hydrogens is 418 g/mol. The van der Waals surface area contributed by atoms with Crippen molar-refractivity contribution in [2.24, 2.45) is 0 Å². The van der Waals surface area contributed by atoms with Gasteiger partial charge < -0.3 is 14.5 Å². The lowest BCUT2D eigenvalue weighted by Crippen LogP contribution is -2.39. The van der Waals surface area contributed by atoms with E-state index in [0.29, 0.717) is 6.54 Å². The zero-order valence-electron chi connectivity index (χ0n) is 18.1. The van der Waals surface area contributed by atoms with E-state index in [1.54, 1.807) is 4.90 Å². The minimum absolute atomic E-state index is 0. The SMILES string of the molecule is Cc1ccc(-c2cnc([C@@H]3C[C@@]4(CCCO4)CN3C(=O)OC(C)(C)C)[nH]2)cc1.S.S. The number of carbonyl (C=O) groups excluding carboxylic acids is 1.